The number of rotatable bonds is 5. The van der Waals surface area contributed by atoms with Crippen molar-refractivity contribution >= 4 is 98.1 Å². The molecule has 0 amide bonds. The van der Waals surface area contributed by atoms with Gasteiger partial charge in [0.15, 0.2) is 5.82 Å². The molecule has 0 saturated carbocycles. The predicted molar refractivity (Wildman–Crippen MR) is 285 cm³/mol. The van der Waals surface area contributed by atoms with Gasteiger partial charge in [0.2, 0.25) is 5.71 Å². The number of para-hydroxylation sites is 1. The number of hydrogen-bond acceptors (Lipinski definition) is 4. The van der Waals surface area contributed by atoms with Crippen LogP contribution >= 0.6 is 0 Å². The number of nitrogens with zero attached hydrogens (tertiary/aromatic N) is 3. The van der Waals surface area contributed by atoms with Gasteiger partial charge in [-0.1, -0.05) is 164 Å². The van der Waals surface area contributed by atoms with Crippen LogP contribution in [0.5, 0.6) is 0 Å². The Labute approximate surface area is 394 Å². The highest BCUT2D eigenvalue weighted by atomic mass is 16.3. The standard InChI is InChI=1S/C64H37N3O2/c1-3-14-38(15-4-1)40-27-33-58-54(35-40)61-62(65-63(66-64(61)69-58)39-16-5-2-6-17-39)50-23-13-25-59-60(50)53-36-42(28-32-57(53)68-59)41-26-31-56-52(34-41)49-22-11-12-24-55(49)67(56)43-29-30-48-46-20-8-7-18-44(46)45-19-9-10-21-47(45)51(48)37-43/h1-37H. The van der Waals surface area contributed by atoms with E-state index in [-0.39, 0.29) is 0 Å². The maximum absolute atomic E-state index is 6.67. The molecule has 0 fully saturated rings. The number of hydrogen-bond donors (Lipinski definition) is 0. The molecule has 0 N–H and O–H groups in total. The summed E-state index contributed by atoms with van der Waals surface area (Å²) in [6.45, 7) is 0. The summed E-state index contributed by atoms with van der Waals surface area (Å²) in [7, 11) is 0. The zero-order chi connectivity index (χ0) is 45.2. The van der Waals surface area contributed by atoms with Crippen LogP contribution in [0.15, 0.2) is 233 Å². The third kappa shape index (κ3) is 5.71. The molecular formula is C64H37N3O2. The van der Waals surface area contributed by atoms with E-state index < -0.39 is 0 Å². The lowest BCUT2D eigenvalue weighted by molar-refractivity contribution is 0.653. The second kappa shape index (κ2) is 14.6. The van der Waals surface area contributed by atoms with Crippen molar-refractivity contribution in [3.8, 4) is 50.6 Å². The Morgan fingerprint density at radius 3 is 1.58 bits per heavy atom. The van der Waals surface area contributed by atoms with Gasteiger partial charge in [0.05, 0.1) is 22.1 Å². The van der Waals surface area contributed by atoms with Gasteiger partial charge in [-0.05, 0) is 115 Å². The average molecular weight is 880 g/mol. The zero-order valence-corrected chi connectivity index (χ0v) is 37.0. The molecule has 0 bridgehead atoms. The Balaban J connectivity index is 0.919. The van der Waals surface area contributed by atoms with E-state index in [2.05, 4.69) is 187 Å². The summed E-state index contributed by atoms with van der Waals surface area (Å²) >= 11 is 0. The SMILES string of the molecule is c1ccc(-c2ccc3oc4nc(-c5ccccc5)nc(-c5cccc6oc7ccc(-c8ccc9c(c8)c8ccccc8n9-c8ccc9c%10ccccc%10c%10ccccc%10c9c8)cc7c56)c4c3c2)cc1. The van der Waals surface area contributed by atoms with Crippen LogP contribution < -0.4 is 0 Å². The van der Waals surface area contributed by atoms with Crippen LogP contribution in [0.2, 0.25) is 0 Å². The largest absolute Gasteiger partial charge is 0.456 e. The predicted octanol–water partition coefficient (Wildman–Crippen LogP) is 17.5. The van der Waals surface area contributed by atoms with E-state index in [0.29, 0.717) is 11.5 Å². The fourth-order valence-corrected chi connectivity index (χ4v) is 11.1. The third-order valence-electron chi connectivity index (χ3n) is 14.2. The molecule has 0 aliphatic heterocycles. The van der Waals surface area contributed by atoms with Gasteiger partial charge < -0.3 is 13.4 Å². The van der Waals surface area contributed by atoms with Crippen LogP contribution in [0.25, 0.3) is 149 Å². The van der Waals surface area contributed by atoms with Crippen LogP contribution in [0.3, 0.4) is 0 Å². The van der Waals surface area contributed by atoms with E-state index in [4.69, 9.17) is 18.8 Å². The molecule has 15 rings (SSSR count). The highest BCUT2D eigenvalue weighted by Crippen LogP contribution is 2.45. The number of furan rings is 2. The van der Waals surface area contributed by atoms with E-state index >= 15 is 0 Å². The molecule has 15 aromatic rings. The minimum absolute atomic E-state index is 0.544. The van der Waals surface area contributed by atoms with E-state index in [0.717, 1.165) is 88.6 Å². The third-order valence-corrected chi connectivity index (χ3v) is 14.2. The quantitative estimate of drug-likeness (QED) is 0.162. The van der Waals surface area contributed by atoms with Gasteiger partial charge >= 0.3 is 0 Å². The fourth-order valence-electron chi connectivity index (χ4n) is 11.1. The van der Waals surface area contributed by atoms with Crippen LogP contribution in [0.1, 0.15) is 0 Å². The fraction of sp³-hybridized carbons (Fsp3) is 0. The van der Waals surface area contributed by atoms with Crippen molar-refractivity contribution in [3.05, 3.63) is 224 Å². The molecule has 69 heavy (non-hydrogen) atoms. The molecule has 4 heterocycles. The summed E-state index contributed by atoms with van der Waals surface area (Å²) < 4.78 is 15.7. The molecule has 0 atom stereocenters. The van der Waals surface area contributed by atoms with Crippen molar-refractivity contribution in [3.63, 3.8) is 0 Å². The van der Waals surface area contributed by atoms with Gasteiger partial charge in [-0.3, -0.25) is 0 Å². The molecule has 11 aromatic carbocycles. The van der Waals surface area contributed by atoms with E-state index in [1.165, 1.54) is 48.6 Å². The highest BCUT2D eigenvalue weighted by Gasteiger charge is 2.23. The molecule has 0 aliphatic rings. The maximum atomic E-state index is 6.67. The van der Waals surface area contributed by atoms with Crippen LogP contribution in [0.4, 0.5) is 0 Å². The minimum atomic E-state index is 0.544. The molecule has 0 saturated heterocycles. The van der Waals surface area contributed by atoms with Gasteiger partial charge in [-0.25, -0.2) is 4.98 Å². The lowest BCUT2D eigenvalue weighted by atomic mass is 9.94. The molecule has 4 aromatic heterocycles. The van der Waals surface area contributed by atoms with E-state index in [1.807, 2.05) is 42.5 Å². The van der Waals surface area contributed by atoms with Crippen LogP contribution in [0, 0.1) is 0 Å². The van der Waals surface area contributed by atoms with E-state index in [9.17, 15) is 0 Å². The molecule has 5 nitrogen and oxygen atoms in total. The summed E-state index contributed by atoms with van der Waals surface area (Å²) in [5, 5.41) is 13.8. The Bertz CT molecular complexity index is 4560. The van der Waals surface area contributed by atoms with Crippen molar-refractivity contribution in [1.29, 1.82) is 0 Å². The summed E-state index contributed by atoms with van der Waals surface area (Å²) in [5.41, 5.74) is 13.5. The topological polar surface area (TPSA) is 57.0 Å². The summed E-state index contributed by atoms with van der Waals surface area (Å²) in [6, 6.07) is 79.9. The average Bonchev–Trinajstić information content (AvgIpc) is 4.10. The summed E-state index contributed by atoms with van der Waals surface area (Å²) in [5.74, 6) is 0.601. The first-order valence-electron chi connectivity index (χ1n) is 23.4. The van der Waals surface area contributed by atoms with Crippen LogP contribution in [-0.2, 0) is 0 Å². The zero-order valence-electron chi connectivity index (χ0n) is 37.0. The monoisotopic (exact) mass is 879 g/mol. The normalized spacial score (nSPS) is 12.1. The molecule has 0 spiro atoms. The Hall–Kier alpha value is -9.32. The molecule has 0 aliphatic carbocycles. The Kier molecular flexibility index (Phi) is 8.00. The van der Waals surface area contributed by atoms with Gasteiger partial charge in [-0.2, -0.15) is 4.98 Å². The summed E-state index contributed by atoms with van der Waals surface area (Å²) in [6.07, 6.45) is 0. The van der Waals surface area contributed by atoms with Gasteiger partial charge in [0, 0.05) is 43.7 Å². The van der Waals surface area contributed by atoms with Crippen molar-refractivity contribution in [1.82, 2.24) is 14.5 Å². The van der Waals surface area contributed by atoms with Crippen LogP contribution in [-0.4, -0.2) is 14.5 Å². The molecule has 320 valence electrons. The second-order valence-electron chi connectivity index (χ2n) is 18.0. The van der Waals surface area contributed by atoms with Crippen molar-refractivity contribution < 1.29 is 8.83 Å². The lowest BCUT2D eigenvalue weighted by Crippen LogP contribution is -1.94. The van der Waals surface area contributed by atoms with Crippen molar-refractivity contribution in [2.45, 2.75) is 0 Å². The minimum Gasteiger partial charge on any atom is -0.456 e. The van der Waals surface area contributed by atoms with Crippen molar-refractivity contribution in [2.24, 2.45) is 0 Å². The summed E-state index contributed by atoms with van der Waals surface area (Å²) in [4.78, 5) is 10.5. The first-order valence-corrected chi connectivity index (χ1v) is 23.4. The highest BCUT2D eigenvalue weighted by molar-refractivity contribution is 6.26. The first kappa shape index (κ1) is 37.9. The van der Waals surface area contributed by atoms with Gasteiger partial charge in [0.1, 0.15) is 16.7 Å². The first-order chi connectivity index (χ1) is 34.2. The molecule has 0 radical (unpaired) electrons. The van der Waals surface area contributed by atoms with Gasteiger partial charge in [-0.15, -0.1) is 0 Å². The second-order valence-corrected chi connectivity index (χ2v) is 18.0. The molecular weight excluding hydrogens is 843 g/mol. The molecule has 5 heteroatoms. The van der Waals surface area contributed by atoms with Crippen molar-refractivity contribution in [2.75, 3.05) is 0 Å². The maximum Gasteiger partial charge on any atom is 0.231 e. The Morgan fingerprint density at radius 1 is 0.304 bits per heavy atom. The lowest BCUT2D eigenvalue weighted by Gasteiger charge is -2.14. The number of benzene rings is 11. The number of fused-ring (bicyclic) bond motifs is 15. The Morgan fingerprint density at radius 2 is 0.855 bits per heavy atom. The molecule has 0 unspecified atom stereocenters. The number of aromatic nitrogens is 3. The van der Waals surface area contributed by atoms with Gasteiger partial charge in [0.25, 0.3) is 0 Å². The smallest absolute Gasteiger partial charge is 0.231 e. The van der Waals surface area contributed by atoms with E-state index in [1.54, 1.807) is 0 Å².